The molecule has 4 rings (SSSR count). The molecule has 0 atom stereocenters. The molecule has 0 bridgehead atoms. The molecule has 3 heterocycles. The molecule has 1 saturated carbocycles. The van der Waals surface area contributed by atoms with Crippen LogP contribution in [0.4, 0.5) is 0 Å². The fourth-order valence-electron chi connectivity index (χ4n) is 5.15. The van der Waals surface area contributed by atoms with Crippen molar-refractivity contribution in [2.24, 2.45) is 4.99 Å². The van der Waals surface area contributed by atoms with E-state index in [9.17, 15) is 4.79 Å². The fraction of sp³-hybridized carbons (Fsp3) is 0.739. The van der Waals surface area contributed by atoms with Gasteiger partial charge < -0.3 is 20.3 Å². The van der Waals surface area contributed by atoms with Crippen molar-refractivity contribution in [1.29, 1.82) is 0 Å². The molecule has 180 valence electrons. The maximum atomic E-state index is 12.8. The molecule has 0 radical (unpaired) electrons. The summed E-state index contributed by atoms with van der Waals surface area (Å²) in [6, 6.07) is 2.14. The van der Waals surface area contributed by atoms with Crippen molar-refractivity contribution < 1.29 is 9.53 Å². The van der Waals surface area contributed by atoms with E-state index < -0.39 is 0 Å². The van der Waals surface area contributed by atoms with E-state index in [0.29, 0.717) is 0 Å². The third-order valence-electron chi connectivity index (χ3n) is 6.93. The van der Waals surface area contributed by atoms with Gasteiger partial charge in [-0.05, 0) is 43.2 Å². The molecule has 1 aliphatic carbocycles. The molecule has 9 heteroatoms. The van der Waals surface area contributed by atoms with Crippen LogP contribution in [0, 0.1) is 0 Å². The standard InChI is InChI=1S/C23H37N5O2S.HI/c1-2-24-22(25-16-21(29)27-10-6-20-19(17-27)7-15-31-20)26-18-23(8-4-3-5-9-23)28-11-13-30-14-12-28;/h7,15H,2-6,8-14,16-18H2,1H3,(H2,24,25,26);1H. The molecular weight excluding hydrogens is 537 g/mol. The first-order chi connectivity index (χ1) is 15.2. The van der Waals surface area contributed by atoms with Crippen LogP contribution in [-0.4, -0.2) is 79.7 Å². The first kappa shape index (κ1) is 25.7. The number of amides is 1. The molecule has 2 fully saturated rings. The van der Waals surface area contributed by atoms with E-state index >= 15 is 0 Å². The van der Waals surface area contributed by atoms with Gasteiger partial charge in [0.2, 0.25) is 5.91 Å². The monoisotopic (exact) mass is 575 g/mol. The first-order valence-corrected chi connectivity index (χ1v) is 12.8. The van der Waals surface area contributed by atoms with E-state index in [2.05, 4.69) is 38.9 Å². The molecule has 7 nitrogen and oxygen atoms in total. The predicted molar refractivity (Wildman–Crippen MR) is 141 cm³/mol. The number of nitrogens with zero attached hydrogens (tertiary/aromatic N) is 3. The van der Waals surface area contributed by atoms with Gasteiger partial charge in [0.15, 0.2) is 5.96 Å². The van der Waals surface area contributed by atoms with Crippen LogP contribution in [0.1, 0.15) is 49.5 Å². The lowest BCUT2D eigenvalue weighted by molar-refractivity contribution is -0.130. The van der Waals surface area contributed by atoms with Gasteiger partial charge >= 0.3 is 0 Å². The van der Waals surface area contributed by atoms with Gasteiger partial charge in [-0.2, -0.15) is 0 Å². The van der Waals surface area contributed by atoms with Gasteiger partial charge in [-0.3, -0.25) is 9.69 Å². The normalized spacial score (nSPS) is 21.4. The number of halogens is 1. The van der Waals surface area contributed by atoms with Crippen molar-refractivity contribution in [2.75, 3.05) is 52.5 Å². The number of carbonyl (C=O) groups is 1. The average molecular weight is 576 g/mol. The highest BCUT2D eigenvalue weighted by Gasteiger charge is 2.38. The van der Waals surface area contributed by atoms with Gasteiger partial charge in [-0.25, -0.2) is 4.99 Å². The van der Waals surface area contributed by atoms with Crippen molar-refractivity contribution in [1.82, 2.24) is 20.4 Å². The van der Waals surface area contributed by atoms with Crippen molar-refractivity contribution in [3.63, 3.8) is 0 Å². The Morgan fingerprint density at radius 3 is 2.72 bits per heavy atom. The summed E-state index contributed by atoms with van der Waals surface area (Å²) in [5.74, 6) is 0.858. The van der Waals surface area contributed by atoms with E-state index in [0.717, 1.165) is 64.9 Å². The SMILES string of the molecule is CCNC(=NCC(=O)N1CCc2sccc2C1)NCC1(N2CCOCC2)CCCCC1.I. The van der Waals surface area contributed by atoms with E-state index in [1.807, 2.05) is 4.90 Å². The van der Waals surface area contributed by atoms with Crippen LogP contribution in [0.25, 0.3) is 0 Å². The molecule has 1 aromatic rings. The van der Waals surface area contributed by atoms with Crippen LogP contribution in [0.2, 0.25) is 0 Å². The smallest absolute Gasteiger partial charge is 0.244 e. The number of morpholine rings is 1. The number of thiophene rings is 1. The summed E-state index contributed by atoms with van der Waals surface area (Å²) >= 11 is 1.80. The molecule has 3 aliphatic rings. The Balaban J connectivity index is 0.00000289. The number of hydrogen-bond acceptors (Lipinski definition) is 5. The lowest BCUT2D eigenvalue weighted by atomic mass is 9.80. The van der Waals surface area contributed by atoms with E-state index in [1.54, 1.807) is 11.3 Å². The van der Waals surface area contributed by atoms with Gasteiger partial charge in [-0.15, -0.1) is 35.3 Å². The minimum atomic E-state index is 0. The highest BCUT2D eigenvalue weighted by Crippen LogP contribution is 2.33. The van der Waals surface area contributed by atoms with Crippen LogP contribution in [0.3, 0.4) is 0 Å². The largest absolute Gasteiger partial charge is 0.379 e. The van der Waals surface area contributed by atoms with Crippen LogP contribution < -0.4 is 10.6 Å². The number of carbonyl (C=O) groups excluding carboxylic acids is 1. The zero-order valence-corrected chi connectivity index (χ0v) is 22.4. The summed E-state index contributed by atoms with van der Waals surface area (Å²) in [5, 5.41) is 9.05. The van der Waals surface area contributed by atoms with Crippen LogP contribution >= 0.6 is 35.3 Å². The minimum Gasteiger partial charge on any atom is -0.379 e. The second kappa shape index (κ2) is 12.5. The zero-order valence-electron chi connectivity index (χ0n) is 19.2. The highest BCUT2D eigenvalue weighted by molar-refractivity contribution is 14.0. The van der Waals surface area contributed by atoms with Gasteiger partial charge in [-0.1, -0.05) is 19.3 Å². The maximum absolute atomic E-state index is 12.8. The minimum absolute atomic E-state index is 0. The van der Waals surface area contributed by atoms with E-state index in [4.69, 9.17) is 4.74 Å². The molecule has 1 amide bonds. The summed E-state index contributed by atoms with van der Waals surface area (Å²) in [6.07, 6.45) is 7.29. The third kappa shape index (κ3) is 6.36. The Hall–Kier alpha value is -0.910. The Kier molecular flexibility index (Phi) is 10.1. The molecule has 2 N–H and O–H groups in total. The molecule has 2 aliphatic heterocycles. The van der Waals surface area contributed by atoms with E-state index in [1.165, 1.54) is 42.5 Å². The molecular formula is C23H38IN5O2S. The van der Waals surface area contributed by atoms with Crippen LogP contribution in [-0.2, 0) is 22.5 Å². The number of rotatable bonds is 6. The maximum Gasteiger partial charge on any atom is 0.244 e. The summed E-state index contributed by atoms with van der Waals surface area (Å²) < 4.78 is 5.60. The fourth-order valence-corrected chi connectivity index (χ4v) is 6.04. The number of ether oxygens (including phenoxy) is 1. The summed E-state index contributed by atoms with van der Waals surface area (Å²) in [7, 11) is 0. The predicted octanol–water partition coefficient (Wildman–Crippen LogP) is 2.84. The molecule has 0 aromatic carbocycles. The number of guanidine groups is 1. The average Bonchev–Trinajstić information content (AvgIpc) is 3.30. The van der Waals surface area contributed by atoms with Crippen molar-refractivity contribution >= 4 is 47.2 Å². The third-order valence-corrected chi connectivity index (χ3v) is 7.95. The van der Waals surface area contributed by atoms with Crippen molar-refractivity contribution in [2.45, 2.75) is 57.5 Å². The number of aliphatic imine (C=N–C) groups is 1. The summed E-state index contributed by atoms with van der Waals surface area (Å²) in [6.45, 7) is 9.10. The van der Waals surface area contributed by atoms with Gasteiger partial charge in [0.05, 0.1) is 13.2 Å². The topological polar surface area (TPSA) is 69.2 Å². The summed E-state index contributed by atoms with van der Waals surface area (Å²) in [4.78, 5) is 23.4. The highest BCUT2D eigenvalue weighted by atomic mass is 127. The Labute approximate surface area is 213 Å². The Morgan fingerprint density at radius 1 is 1.19 bits per heavy atom. The second-order valence-corrected chi connectivity index (χ2v) is 9.87. The summed E-state index contributed by atoms with van der Waals surface area (Å²) in [5.41, 5.74) is 1.47. The number of hydrogen-bond donors (Lipinski definition) is 2. The quantitative estimate of drug-likeness (QED) is 0.310. The zero-order chi connectivity index (χ0) is 21.5. The number of nitrogens with one attached hydrogen (secondary N) is 2. The molecule has 0 unspecified atom stereocenters. The van der Waals surface area contributed by atoms with Gasteiger partial charge in [0.1, 0.15) is 6.54 Å². The molecule has 1 saturated heterocycles. The lowest BCUT2D eigenvalue weighted by Crippen LogP contribution is -2.60. The second-order valence-electron chi connectivity index (χ2n) is 8.87. The Morgan fingerprint density at radius 2 is 1.97 bits per heavy atom. The van der Waals surface area contributed by atoms with Gasteiger partial charge in [0.25, 0.3) is 0 Å². The van der Waals surface area contributed by atoms with Crippen LogP contribution in [0.15, 0.2) is 16.4 Å². The van der Waals surface area contributed by atoms with Gasteiger partial charge in [0, 0.05) is 49.7 Å². The Bertz CT molecular complexity index is 759. The van der Waals surface area contributed by atoms with Crippen LogP contribution in [0.5, 0.6) is 0 Å². The molecule has 1 aromatic heterocycles. The van der Waals surface area contributed by atoms with Crippen molar-refractivity contribution in [3.05, 3.63) is 21.9 Å². The molecule has 0 spiro atoms. The van der Waals surface area contributed by atoms with Crippen molar-refractivity contribution in [3.8, 4) is 0 Å². The lowest BCUT2D eigenvalue weighted by Gasteiger charge is -2.48. The number of fused-ring (bicyclic) bond motifs is 1. The van der Waals surface area contributed by atoms with E-state index in [-0.39, 0.29) is 42.0 Å². The molecule has 32 heavy (non-hydrogen) atoms. The first-order valence-electron chi connectivity index (χ1n) is 11.9.